The summed E-state index contributed by atoms with van der Waals surface area (Å²) in [6.07, 6.45) is 4.06. The van der Waals surface area contributed by atoms with E-state index in [-0.39, 0.29) is 39.8 Å². The quantitative estimate of drug-likeness (QED) is 0.409. The van der Waals surface area contributed by atoms with E-state index in [9.17, 15) is 14.7 Å². The molecule has 0 radical (unpaired) electrons. The van der Waals surface area contributed by atoms with Gasteiger partial charge in [-0.05, 0) is 43.7 Å². The van der Waals surface area contributed by atoms with Crippen LogP contribution < -0.4 is 10.6 Å². The Kier molecular flexibility index (Phi) is 8.18. The topological polar surface area (TPSA) is 125 Å². The van der Waals surface area contributed by atoms with Crippen LogP contribution in [0.3, 0.4) is 0 Å². The van der Waals surface area contributed by atoms with Gasteiger partial charge in [0, 0.05) is 40.4 Å². The molecule has 0 fully saturated rings. The molecule has 0 saturated heterocycles. The zero-order valence-electron chi connectivity index (χ0n) is 16.9. The summed E-state index contributed by atoms with van der Waals surface area (Å²) in [4.78, 5) is 28.4. The number of aliphatic hydroxyl groups is 1. The molecule has 0 saturated carbocycles. The highest BCUT2D eigenvalue weighted by Crippen LogP contribution is 2.35. The van der Waals surface area contributed by atoms with Crippen LogP contribution in [0.5, 0.6) is 0 Å². The Balaban J connectivity index is 0.00000193. The van der Waals surface area contributed by atoms with Crippen LogP contribution in [0.2, 0.25) is 5.02 Å². The van der Waals surface area contributed by atoms with Gasteiger partial charge in [0.15, 0.2) is 0 Å². The van der Waals surface area contributed by atoms with E-state index >= 15 is 0 Å². The number of nitrogens with zero attached hydrogens (tertiary/aromatic N) is 3. The van der Waals surface area contributed by atoms with Crippen LogP contribution in [-0.4, -0.2) is 49.5 Å². The minimum absolute atomic E-state index is 0. The summed E-state index contributed by atoms with van der Waals surface area (Å²) in [6.45, 7) is 3.88. The second kappa shape index (κ2) is 10.5. The standard InChI is InChI=1S/C21H21ClN6O3.2CH4/c1-11-18(8-16-15-7-13(22)3-4-17(15)26-20(16)30)25-12(2)19(11)21(31)23-9-14(29)10-28-6-5-24-27-28;;/h3-8,14,25,29H,9-10H2,1-2H3,(H,23,31)(H,26,30);2*1H4/b16-8-;;. The summed E-state index contributed by atoms with van der Waals surface area (Å²) >= 11 is 6.09. The lowest BCUT2D eigenvalue weighted by molar-refractivity contribution is -0.110. The second-order valence-electron chi connectivity index (χ2n) is 7.35. The molecule has 0 spiro atoms. The molecule has 33 heavy (non-hydrogen) atoms. The van der Waals surface area contributed by atoms with E-state index in [2.05, 4.69) is 25.9 Å². The van der Waals surface area contributed by atoms with Gasteiger partial charge >= 0.3 is 0 Å². The van der Waals surface area contributed by atoms with E-state index in [1.165, 1.54) is 10.9 Å². The Morgan fingerprint density at radius 3 is 2.79 bits per heavy atom. The summed E-state index contributed by atoms with van der Waals surface area (Å²) in [5, 5.41) is 23.7. The Labute approximate surface area is 197 Å². The van der Waals surface area contributed by atoms with Crippen molar-refractivity contribution in [2.45, 2.75) is 41.3 Å². The summed E-state index contributed by atoms with van der Waals surface area (Å²) in [5.41, 5.74) is 4.38. The maximum absolute atomic E-state index is 12.8. The first kappa shape index (κ1) is 25.8. The van der Waals surface area contributed by atoms with Crippen molar-refractivity contribution in [2.24, 2.45) is 0 Å². The molecule has 10 heteroatoms. The van der Waals surface area contributed by atoms with Crippen LogP contribution >= 0.6 is 11.6 Å². The number of nitrogens with one attached hydrogen (secondary N) is 3. The average Bonchev–Trinajstić information content (AvgIpc) is 3.40. The largest absolute Gasteiger partial charge is 0.389 e. The predicted molar refractivity (Wildman–Crippen MR) is 130 cm³/mol. The van der Waals surface area contributed by atoms with Crippen molar-refractivity contribution in [2.75, 3.05) is 11.9 Å². The van der Waals surface area contributed by atoms with Crippen LogP contribution in [-0.2, 0) is 11.3 Å². The maximum Gasteiger partial charge on any atom is 0.256 e. The second-order valence-corrected chi connectivity index (χ2v) is 7.79. The van der Waals surface area contributed by atoms with Crippen molar-refractivity contribution in [1.29, 1.82) is 0 Å². The molecule has 1 unspecified atom stereocenters. The molecule has 4 N–H and O–H groups in total. The number of aliphatic hydroxyl groups excluding tert-OH is 1. The van der Waals surface area contributed by atoms with Gasteiger partial charge in [0.25, 0.3) is 11.8 Å². The Hall–Kier alpha value is -3.43. The molecule has 2 amide bonds. The first-order valence-corrected chi connectivity index (χ1v) is 10.0. The monoisotopic (exact) mass is 472 g/mol. The zero-order valence-corrected chi connectivity index (χ0v) is 17.7. The number of aryl methyl sites for hydroxylation is 1. The molecular formula is C23H29ClN6O3. The highest BCUT2D eigenvalue weighted by molar-refractivity contribution is 6.36. The summed E-state index contributed by atoms with van der Waals surface area (Å²) in [7, 11) is 0. The van der Waals surface area contributed by atoms with Gasteiger partial charge in [0.2, 0.25) is 0 Å². The van der Waals surface area contributed by atoms with Crippen molar-refractivity contribution in [3.8, 4) is 0 Å². The number of benzene rings is 1. The Bertz CT molecular complexity index is 1180. The molecule has 1 aliphatic rings. The third-order valence-electron chi connectivity index (χ3n) is 5.12. The zero-order chi connectivity index (χ0) is 22.1. The summed E-state index contributed by atoms with van der Waals surface area (Å²) in [6, 6.07) is 5.20. The number of hydrogen-bond acceptors (Lipinski definition) is 5. The van der Waals surface area contributed by atoms with Gasteiger partial charge in [0.05, 0.1) is 30.0 Å². The number of fused-ring (bicyclic) bond motifs is 1. The number of carbonyl (C=O) groups is 2. The number of aromatic nitrogens is 4. The van der Waals surface area contributed by atoms with Gasteiger partial charge in [-0.3, -0.25) is 9.59 Å². The van der Waals surface area contributed by atoms with Crippen LogP contribution in [0.15, 0.2) is 30.6 Å². The first-order chi connectivity index (χ1) is 14.8. The molecule has 4 rings (SSSR count). The molecular weight excluding hydrogens is 444 g/mol. The number of aromatic amines is 1. The molecule has 176 valence electrons. The van der Waals surface area contributed by atoms with Gasteiger partial charge < -0.3 is 20.7 Å². The third-order valence-corrected chi connectivity index (χ3v) is 5.36. The predicted octanol–water partition coefficient (Wildman–Crippen LogP) is 3.43. The number of rotatable bonds is 6. The smallest absolute Gasteiger partial charge is 0.256 e. The van der Waals surface area contributed by atoms with Crippen LogP contribution in [0, 0.1) is 13.8 Å². The fourth-order valence-electron chi connectivity index (χ4n) is 3.62. The van der Waals surface area contributed by atoms with E-state index in [1.807, 2.05) is 6.92 Å². The lowest BCUT2D eigenvalue weighted by Crippen LogP contribution is -2.35. The molecule has 1 atom stereocenters. The minimum atomic E-state index is -0.810. The molecule has 1 aromatic carbocycles. The normalized spacial score (nSPS) is 14.2. The van der Waals surface area contributed by atoms with Crippen molar-refractivity contribution < 1.29 is 14.7 Å². The number of halogens is 1. The lowest BCUT2D eigenvalue weighted by atomic mass is 10.0. The molecule has 3 aromatic rings. The van der Waals surface area contributed by atoms with Crippen molar-refractivity contribution in [3.63, 3.8) is 0 Å². The Morgan fingerprint density at radius 1 is 1.33 bits per heavy atom. The SMILES string of the molecule is C.C.Cc1[nH]c(/C=C2\C(=O)Nc3ccc(Cl)cc32)c(C)c1C(=O)NCC(O)Cn1ccnn1. The molecule has 1 aliphatic heterocycles. The van der Waals surface area contributed by atoms with Crippen molar-refractivity contribution in [1.82, 2.24) is 25.3 Å². The molecule has 2 aromatic heterocycles. The lowest BCUT2D eigenvalue weighted by Gasteiger charge is -2.12. The van der Waals surface area contributed by atoms with Gasteiger partial charge in [-0.25, -0.2) is 4.68 Å². The van der Waals surface area contributed by atoms with E-state index in [0.29, 0.717) is 44.4 Å². The van der Waals surface area contributed by atoms with Gasteiger partial charge in [-0.2, -0.15) is 0 Å². The fourth-order valence-corrected chi connectivity index (χ4v) is 3.79. The number of anilines is 1. The van der Waals surface area contributed by atoms with Gasteiger partial charge in [-0.15, -0.1) is 5.10 Å². The highest BCUT2D eigenvalue weighted by atomic mass is 35.5. The molecule has 0 aliphatic carbocycles. The number of H-pyrrole nitrogens is 1. The maximum atomic E-state index is 12.8. The van der Waals surface area contributed by atoms with E-state index in [4.69, 9.17) is 11.6 Å². The third kappa shape index (κ3) is 5.32. The van der Waals surface area contributed by atoms with Crippen molar-refractivity contribution >= 4 is 40.8 Å². The van der Waals surface area contributed by atoms with Gasteiger partial charge in [0.1, 0.15) is 0 Å². The van der Waals surface area contributed by atoms with E-state index < -0.39 is 6.10 Å². The van der Waals surface area contributed by atoms with Crippen LogP contribution in [0.4, 0.5) is 5.69 Å². The van der Waals surface area contributed by atoms with Crippen molar-refractivity contribution in [3.05, 3.63) is 63.7 Å². The molecule has 9 nitrogen and oxygen atoms in total. The first-order valence-electron chi connectivity index (χ1n) is 9.66. The van der Waals surface area contributed by atoms with E-state index in [1.54, 1.807) is 37.4 Å². The minimum Gasteiger partial charge on any atom is -0.389 e. The number of hydrogen-bond donors (Lipinski definition) is 4. The summed E-state index contributed by atoms with van der Waals surface area (Å²) in [5.74, 6) is -0.543. The molecule has 3 heterocycles. The fraction of sp³-hybridized carbons (Fsp3) is 0.304. The average molecular weight is 473 g/mol. The summed E-state index contributed by atoms with van der Waals surface area (Å²) < 4.78 is 1.49. The van der Waals surface area contributed by atoms with Crippen LogP contribution in [0.1, 0.15) is 47.7 Å². The van der Waals surface area contributed by atoms with Gasteiger partial charge in [-0.1, -0.05) is 31.7 Å². The molecule has 0 bridgehead atoms. The highest BCUT2D eigenvalue weighted by Gasteiger charge is 2.26. The number of amides is 2. The van der Waals surface area contributed by atoms with Crippen LogP contribution in [0.25, 0.3) is 11.6 Å². The van der Waals surface area contributed by atoms with E-state index in [0.717, 1.165) is 0 Å². The number of carbonyl (C=O) groups excluding carboxylic acids is 2. The Morgan fingerprint density at radius 2 is 2.09 bits per heavy atom.